The molecule has 3 N–H and O–H groups in total. The number of nitrogens with zero attached hydrogens (tertiary/aromatic N) is 1. The van der Waals surface area contributed by atoms with Gasteiger partial charge in [0.05, 0.1) is 17.1 Å². The molecule has 2 heterocycles. The minimum absolute atomic E-state index is 0.152. The zero-order valence-corrected chi connectivity index (χ0v) is 14.1. The van der Waals surface area contributed by atoms with Gasteiger partial charge in [-0.25, -0.2) is 8.42 Å². The van der Waals surface area contributed by atoms with Crippen LogP contribution in [0.3, 0.4) is 0 Å². The summed E-state index contributed by atoms with van der Waals surface area (Å²) in [6.07, 6.45) is 0.394. The Kier molecular flexibility index (Phi) is 4.25. The maximum absolute atomic E-state index is 12.8. The normalized spacial score (nSPS) is 18.8. The second kappa shape index (κ2) is 5.96. The van der Waals surface area contributed by atoms with Crippen molar-refractivity contribution in [3.05, 3.63) is 40.2 Å². The highest BCUT2D eigenvalue weighted by atomic mass is 32.2. The molecule has 0 unspecified atom stereocenters. The average Bonchev–Trinajstić information content (AvgIpc) is 2.55. The molecule has 1 aromatic carbocycles. The number of H-pyrrole nitrogens is 1. The van der Waals surface area contributed by atoms with Crippen LogP contribution in [-0.4, -0.2) is 53.2 Å². The van der Waals surface area contributed by atoms with E-state index in [0.29, 0.717) is 16.5 Å². The first-order valence-electron chi connectivity index (χ1n) is 7.72. The number of pyridine rings is 1. The van der Waals surface area contributed by atoms with Crippen LogP contribution in [0.25, 0.3) is 10.9 Å². The maximum atomic E-state index is 12.8. The van der Waals surface area contributed by atoms with E-state index in [-0.39, 0.29) is 43.0 Å². The lowest BCUT2D eigenvalue weighted by Gasteiger charge is -2.36. The number of aliphatic hydroxyl groups is 2. The minimum atomic E-state index is -3.69. The number of aromatic nitrogens is 1. The highest BCUT2D eigenvalue weighted by molar-refractivity contribution is 7.89. The highest BCUT2D eigenvalue weighted by Crippen LogP contribution is 2.28. The van der Waals surface area contributed by atoms with Gasteiger partial charge in [0.25, 0.3) is 0 Å². The minimum Gasteiger partial charge on any atom is -0.393 e. The summed E-state index contributed by atoms with van der Waals surface area (Å²) in [5.41, 5.74) is -0.132. The van der Waals surface area contributed by atoms with Gasteiger partial charge in [-0.1, -0.05) is 0 Å². The van der Waals surface area contributed by atoms with Gasteiger partial charge in [0, 0.05) is 30.1 Å². The number of benzene rings is 1. The standard InChI is InChI=1S/C16H20N2O5S/c1-11-8-15(20)17-14-3-2-12(9-13(11)14)24(22,23)18-6-4-16(21,10-19)5-7-18/h2-3,8-9,19,21H,4-7,10H2,1H3,(H,17,20). The predicted octanol–water partition coefficient (Wildman–Crippen LogP) is 0.344. The Hall–Kier alpha value is -1.74. The van der Waals surface area contributed by atoms with E-state index in [4.69, 9.17) is 0 Å². The lowest BCUT2D eigenvalue weighted by Crippen LogP contribution is -2.48. The number of hydrogen-bond donors (Lipinski definition) is 3. The fraction of sp³-hybridized carbons (Fsp3) is 0.438. The lowest BCUT2D eigenvalue weighted by atomic mass is 9.94. The number of sulfonamides is 1. The third kappa shape index (κ3) is 2.98. The fourth-order valence-corrected chi connectivity index (χ4v) is 4.48. The summed E-state index contributed by atoms with van der Waals surface area (Å²) >= 11 is 0. The molecule has 0 atom stereocenters. The quantitative estimate of drug-likeness (QED) is 0.738. The van der Waals surface area contributed by atoms with E-state index in [1.807, 2.05) is 0 Å². The summed E-state index contributed by atoms with van der Waals surface area (Å²) in [4.78, 5) is 14.3. The van der Waals surface area contributed by atoms with E-state index in [2.05, 4.69) is 4.98 Å². The number of hydrogen-bond acceptors (Lipinski definition) is 5. The van der Waals surface area contributed by atoms with Gasteiger partial charge in [0.2, 0.25) is 15.6 Å². The van der Waals surface area contributed by atoms with E-state index in [9.17, 15) is 23.4 Å². The van der Waals surface area contributed by atoms with Crippen molar-refractivity contribution in [2.24, 2.45) is 0 Å². The molecule has 0 amide bonds. The van der Waals surface area contributed by atoms with E-state index in [0.717, 1.165) is 0 Å². The van der Waals surface area contributed by atoms with Crippen molar-refractivity contribution < 1.29 is 18.6 Å². The van der Waals surface area contributed by atoms with Gasteiger partial charge in [-0.3, -0.25) is 4.79 Å². The highest BCUT2D eigenvalue weighted by Gasteiger charge is 2.36. The molecule has 0 aliphatic carbocycles. The molecule has 1 saturated heterocycles. The summed E-state index contributed by atoms with van der Waals surface area (Å²) in [6.45, 7) is 1.70. The first-order valence-corrected chi connectivity index (χ1v) is 9.16. The van der Waals surface area contributed by atoms with Gasteiger partial charge in [0.1, 0.15) is 0 Å². The van der Waals surface area contributed by atoms with Crippen LogP contribution in [0, 0.1) is 6.92 Å². The number of rotatable bonds is 3. The number of fused-ring (bicyclic) bond motifs is 1. The van der Waals surface area contributed by atoms with Crippen LogP contribution in [0.4, 0.5) is 0 Å². The van der Waals surface area contributed by atoms with E-state index in [1.54, 1.807) is 19.1 Å². The number of piperidine rings is 1. The van der Waals surface area contributed by atoms with Crippen molar-refractivity contribution in [1.29, 1.82) is 0 Å². The predicted molar refractivity (Wildman–Crippen MR) is 89.3 cm³/mol. The molecule has 1 fully saturated rings. The Labute approximate surface area is 139 Å². The summed E-state index contributed by atoms with van der Waals surface area (Å²) in [5, 5.41) is 19.9. The van der Waals surface area contributed by atoms with Crippen LogP contribution >= 0.6 is 0 Å². The van der Waals surface area contributed by atoms with E-state index in [1.165, 1.54) is 16.4 Å². The Morgan fingerprint density at radius 3 is 2.54 bits per heavy atom. The molecule has 0 saturated carbocycles. The van der Waals surface area contributed by atoms with Crippen molar-refractivity contribution >= 4 is 20.9 Å². The summed E-state index contributed by atoms with van der Waals surface area (Å²) in [6, 6.07) is 6.05. The molecular weight excluding hydrogens is 332 g/mol. The smallest absolute Gasteiger partial charge is 0.248 e. The average molecular weight is 352 g/mol. The molecule has 8 heteroatoms. The molecule has 1 aromatic heterocycles. The largest absolute Gasteiger partial charge is 0.393 e. The molecule has 0 bridgehead atoms. The molecule has 1 aliphatic rings. The van der Waals surface area contributed by atoms with Gasteiger partial charge in [-0.15, -0.1) is 0 Å². The molecule has 1 aliphatic heterocycles. The number of nitrogens with one attached hydrogen (secondary N) is 1. The van der Waals surface area contributed by atoms with Gasteiger partial charge in [0.15, 0.2) is 0 Å². The van der Waals surface area contributed by atoms with Gasteiger partial charge < -0.3 is 15.2 Å². The van der Waals surface area contributed by atoms with Crippen LogP contribution in [0.1, 0.15) is 18.4 Å². The summed E-state index contributed by atoms with van der Waals surface area (Å²) in [5.74, 6) is 0. The Morgan fingerprint density at radius 1 is 1.25 bits per heavy atom. The fourth-order valence-electron chi connectivity index (χ4n) is 3.01. The van der Waals surface area contributed by atoms with Crippen molar-refractivity contribution in [2.75, 3.05) is 19.7 Å². The molecule has 7 nitrogen and oxygen atoms in total. The second-order valence-electron chi connectivity index (χ2n) is 6.31. The molecule has 0 radical (unpaired) electrons. The lowest BCUT2D eigenvalue weighted by molar-refractivity contribution is -0.0480. The Morgan fingerprint density at radius 2 is 1.92 bits per heavy atom. The van der Waals surface area contributed by atoms with Crippen LogP contribution in [0.2, 0.25) is 0 Å². The van der Waals surface area contributed by atoms with Crippen molar-refractivity contribution in [1.82, 2.24) is 9.29 Å². The van der Waals surface area contributed by atoms with Crippen molar-refractivity contribution in [3.8, 4) is 0 Å². The van der Waals surface area contributed by atoms with Gasteiger partial charge >= 0.3 is 0 Å². The first-order chi connectivity index (χ1) is 11.2. The van der Waals surface area contributed by atoms with Crippen LogP contribution in [-0.2, 0) is 10.0 Å². The SMILES string of the molecule is Cc1cc(=O)[nH]c2ccc(S(=O)(=O)N3CCC(O)(CO)CC3)cc12. The van der Waals surface area contributed by atoms with Crippen molar-refractivity contribution in [3.63, 3.8) is 0 Å². The Balaban J connectivity index is 1.96. The topological polar surface area (TPSA) is 111 Å². The Bertz CT molecular complexity index is 927. The molecule has 2 aromatic rings. The van der Waals surface area contributed by atoms with Crippen LogP contribution < -0.4 is 5.56 Å². The third-order valence-corrected chi connectivity index (χ3v) is 6.50. The second-order valence-corrected chi connectivity index (χ2v) is 8.25. The molecule has 3 rings (SSSR count). The van der Waals surface area contributed by atoms with Crippen LogP contribution in [0.5, 0.6) is 0 Å². The monoisotopic (exact) mass is 352 g/mol. The van der Waals surface area contributed by atoms with Gasteiger partial charge in [-0.05, 0) is 43.5 Å². The third-order valence-electron chi connectivity index (χ3n) is 4.61. The summed E-state index contributed by atoms with van der Waals surface area (Å²) < 4.78 is 27.0. The molecule has 0 spiro atoms. The zero-order chi connectivity index (χ0) is 17.5. The molecule has 130 valence electrons. The zero-order valence-electron chi connectivity index (χ0n) is 13.3. The van der Waals surface area contributed by atoms with E-state index >= 15 is 0 Å². The van der Waals surface area contributed by atoms with E-state index < -0.39 is 15.6 Å². The first kappa shape index (κ1) is 17.1. The number of aryl methyl sites for hydroxylation is 1. The molecule has 24 heavy (non-hydrogen) atoms. The number of aliphatic hydroxyl groups excluding tert-OH is 1. The molecular formula is C16H20N2O5S. The van der Waals surface area contributed by atoms with Crippen LogP contribution in [0.15, 0.2) is 34.0 Å². The maximum Gasteiger partial charge on any atom is 0.248 e. The van der Waals surface area contributed by atoms with Gasteiger partial charge in [-0.2, -0.15) is 4.31 Å². The number of aromatic amines is 1. The summed E-state index contributed by atoms with van der Waals surface area (Å²) in [7, 11) is -3.69. The van der Waals surface area contributed by atoms with Crippen molar-refractivity contribution in [2.45, 2.75) is 30.3 Å².